The van der Waals surface area contributed by atoms with Gasteiger partial charge in [0.2, 0.25) is 11.8 Å². The summed E-state index contributed by atoms with van der Waals surface area (Å²) in [6, 6.07) is 6.61. The number of nitrogens with two attached hydrogens (primary N) is 1. The van der Waals surface area contributed by atoms with Crippen LogP contribution >= 0.6 is 12.4 Å². The second kappa shape index (κ2) is 9.93. The Labute approximate surface area is 162 Å². The molecule has 3 N–H and O–H groups in total. The van der Waals surface area contributed by atoms with Crippen molar-refractivity contribution in [2.75, 3.05) is 19.6 Å². The van der Waals surface area contributed by atoms with E-state index >= 15 is 0 Å². The first-order valence-electron chi connectivity index (χ1n) is 9.54. The summed E-state index contributed by atoms with van der Waals surface area (Å²) in [6.45, 7) is 1.69. The first-order chi connectivity index (χ1) is 12.2. The molecule has 2 aliphatic rings. The number of likely N-dealkylation sites (tertiary alicyclic amines) is 1. The van der Waals surface area contributed by atoms with Crippen LogP contribution in [0.5, 0.6) is 0 Å². The summed E-state index contributed by atoms with van der Waals surface area (Å²) in [5, 5.41) is 2.92. The van der Waals surface area contributed by atoms with Crippen LogP contribution < -0.4 is 11.1 Å². The summed E-state index contributed by atoms with van der Waals surface area (Å²) in [6.07, 6.45) is 7.44. The molecule has 1 atom stereocenters. The number of rotatable bonds is 6. The van der Waals surface area contributed by atoms with Crippen molar-refractivity contribution in [3.8, 4) is 0 Å². The van der Waals surface area contributed by atoms with Crippen LogP contribution in [0.4, 0.5) is 0 Å². The average Bonchev–Trinajstić information content (AvgIpc) is 3.08. The first-order valence-corrected chi connectivity index (χ1v) is 9.54. The van der Waals surface area contributed by atoms with E-state index in [1.807, 2.05) is 4.90 Å². The lowest BCUT2D eigenvalue weighted by molar-refractivity contribution is -0.134. The number of aryl methyl sites for hydroxylation is 2. The predicted octanol–water partition coefficient (Wildman–Crippen LogP) is 1.99. The number of halogens is 1. The lowest BCUT2D eigenvalue weighted by Crippen LogP contribution is -2.50. The van der Waals surface area contributed by atoms with Crippen molar-refractivity contribution in [1.29, 1.82) is 0 Å². The van der Waals surface area contributed by atoms with Gasteiger partial charge in [0.1, 0.15) is 0 Å². The lowest BCUT2D eigenvalue weighted by Gasteiger charge is -2.36. The minimum absolute atomic E-state index is 0. The quantitative estimate of drug-likeness (QED) is 0.793. The number of carbonyl (C=O) groups is 2. The lowest BCUT2D eigenvalue weighted by atomic mass is 9.99. The summed E-state index contributed by atoms with van der Waals surface area (Å²) in [5.41, 5.74) is 9.38. The molecule has 3 rings (SSSR count). The third-order valence-corrected chi connectivity index (χ3v) is 5.37. The van der Waals surface area contributed by atoms with E-state index in [0.29, 0.717) is 25.9 Å². The zero-order chi connectivity index (χ0) is 17.6. The first kappa shape index (κ1) is 20.7. The fourth-order valence-electron chi connectivity index (χ4n) is 4.00. The third kappa shape index (κ3) is 5.21. The fourth-order valence-corrected chi connectivity index (χ4v) is 4.00. The topological polar surface area (TPSA) is 75.4 Å². The number of piperidine rings is 1. The van der Waals surface area contributed by atoms with Gasteiger partial charge in [-0.15, -0.1) is 12.4 Å². The van der Waals surface area contributed by atoms with Gasteiger partial charge < -0.3 is 16.0 Å². The fraction of sp³-hybridized carbons (Fsp3) is 0.600. The van der Waals surface area contributed by atoms with E-state index in [1.165, 1.54) is 24.0 Å². The van der Waals surface area contributed by atoms with Crippen molar-refractivity contribution in [3.05, 3.63) is 34.9 Å². The van der Waals surface area contributed by atoms with E-state index in [0.717, 1.165) is 37.8 Å². The van der Waals surface area contributed by atoms with E-state index in [1.54, 1.807) is 0 Å². The molecule has 0 radical (unpaired) electrons. The van der Waals surface area contributed by atoms with Crippen LogP contribution in [0.25, 0.3) is 0 Å². The molecule has 0 saturated carbocycles. The Balaban J connectivity index is 0.00000243. The number of nitrogens with one attached hydrogen (secondary N) is 1. The highest BCUT2D eigenvalue weighted by molar-refractivity contribution is 5.85. The molecule has 1 unspecified atom stereocenters. The smallest absolute Gasteiger partial charge is 0.227 e. The molecule has 5 nitrogen and oxygen atoms in total. The van der Waals surface area contributed by atoms with Gasteiger partial charge >= 0.3 is 0 Å². The maximum atomic E-state index is 12.8. The number of carbonyl (C=O) groups excluding carboxylic acids is 2. The Morgan fingerprint density at radius 1 is 1.15 bits per heavy atom. The van der Waals surface area contributed by atoms with Crippen LogP contribution in [0, 0.1) is 0 Å². The van der Waals surface area contributed by atoms with Crippen LogP contribution in [0.1, 0.15) is 48.8 Å². The van der Waals surface area contributed by atoms with E-state index < -0.39 is 0 Å². The maximum Gasteiger partial charge on any atom is 0.227 e. The van der Waals surface area contributed by atoms with E-state index in [9.17, 15) is 9.59 Å². The SMILES string of the molecule is Cl.NCCC(=O)NCC1CCCCN1C(=O)Cc1ccc2c(c1)CCC2. The molecule has 2 amide bonds. The Kier molecular flexibility index (Phi) is 7.91. The van der Waals surface area contributed by atoms with Crippen LogP contribution in [-0.2, 0) is 28.9 Å². The standard InChI is InChI=1S/C20H29N3O2.ClH/c21-10-9-19(24)22-14-18-6-1-2-11-23(18)20(25)13-15-7-8-16-4-3-5-17(16)12-15;/h7-8,12,18H,1-6,9-11,13-14,21H2,(H,22,24);1H. The number of amides is 2. The van der Waals surface area contributed by atoms with E-state index in [2.05, 4.69) is 23.5 Å². The third-order valence-electron chi connectivity index (χ3n) is 5.37. The summed E-state index contributed by atoms with van der Waals surface area (Å²) >= 11 is 0. The Bertz CT molecular complexity index is 635. The molecule has 0 spiro atoms. The van der Waals surface area contributed by atoms with Crippen LogP contribution in [0.15, 0.2) is 18.2 Å². The molecule has 1 aliphatic carbocycles. The number of nitrogens with zero attached hydrogens (tertiary/aromatic N) is 1. The molecular weight excluding hydrogens is 350 g/mol. The molecule has 1 aliphatic heterocycles. The van der Waals surface area contributed by atoms with Crippen molar-refractivity contribution >= 4 is 24.2 Å². The second-order valence-corrected chi connectivity index (χ2v) is 7.21. The molecule has 1 heterocycles. The predicted molar refractivity (Wildman–Crippen MR) is 105 cm³/mol. The van der Waals surface area contributed by atoms with Gasteiger partial charge in [-0.25, -0.2) is 0 Å². The van der Waals surface area contributed by atoms with Gasteiger partial charge in [-0.2, -0.15) is 0 Å². The van der Waals surface area contributed by atoms with Gasteiger partial charge in [-0.1, -0.05) is 18.2 Å². The molecule has 26 heavy (non-hydrogen) atoms. The van der Waals surface area contributed by atoms with Gasteiger partial charge in [0.25, 0.3) is 0 Å². The molecule has 1 aromatic carbocycles. The zero-order valence-electron chi connectivity index (χ0n) is 15.3. The van der Waals surface area contributed by atoms with E-state index in [4.69, 9.17) is 5.73 Å². The molecule has 1 saturated heterocycles. The molecule has 1 aromatic rings. The van der Waals surface area contributed by atoms with Crippen LogP contribution in [0.2, 0.25) is 0 Å². The molecule has 6 heteroatoms. The summed E-state index contributed by atoms with van der Waals surface area (Å²) in [5.74, 6) is 0.148. The normalized spacial score (nSPS) is 18.8. The molecule has 0 aromatic heterocycles. The van der Waals surface area contributed by atoms with Gasteiger partial charge in [-0.05, 0) is 55.2 Å². The Morgan fingerprint density at radius 3 is 2.77 bits per heavy atom. The highest BCUT2D eigenvalue weighted by atomic mass is 35.5. The Morgan fingerprint density at radius 2 is 1.96 bits per heavy atom. The molecule has 1 fully saturated rings. The van der Waals surface area contributed by atoms with Gasteiger partial charge in [0.15, 0.2) is 0 Å². The minimum atomic E-state index is -0.0286. The largest absolute Gasteiger partial charge is 0.354 e. The maximum absolute atomic E-state index is 12.8. The van der Waals surface area contributed by atoms with Gasteiger partial charge in [0.05, 0.1) is 6.42 Å². The average molecular weight is 380 g/mol. The van der Waals surface area contributed by atoms with Gasteiger partial charge in [0, 0.05) is 32.1 Å². The summed E-state index contributed by atoms with van der Waals surface area (Å²) in [4.78, 5) is 26.5. The highest BCUT2D eigenvalue weighted by Gasteiger charge is 2.27. The van der Waals surface area contributed by atoms with Crippen molar-refractivity contribution < 1.29 is 9.59 Å². The number of fused-ring (bicyclic) bond motifs is 1. The highest BCUT2D eigenvalue weighted by Crippen LogP contribution is 2.24. The molecule has 144 valence electrons. The number of hydrogen-bond acceptors (Lipinski definition) is 3. The van der Waals surface area contributed by atoms with Crippen LogP contribution in [-0.4, -0.2) is 42.4 Å². The zero-order valence-corrected chi connectivity index (χ0v) is 16.2. The summed E-state index contributed by atoms with van der Waals surface area (Å²) in [7, 11) is 0. The monoisotopic (exact) mass is 379 g/mol. The van der Waals surface area contributed by atoms with Gasteiger partial charge in [-0.3, -0.25) is 9.59 Å². The second-order valence-electron chi connectivity index (χ2n) is 7.21. The Hall–Kier alpha value is -1.59. The van der Waals surface area contributed by atoms with Crippen molar-refractivity contribution in [2.45, 2.75) is 57.4 Å². The minimum Gasteiger partial charge on any atom is -0.354 e. The van der Waals surface area contributed by atoms with Crippen molar-refractivity contribution in [3.63, 3.8) is 0 Å². The van der Waals surface area contributed by atoms with Crippen molar-refractivity contribution in [2.24, 2.45) is 5.73 Å². The summed E-state index contributed by atoms with van der Waals surface area (Å²) < 4.78 is 0. The molecule has 0 bridgehead atoms. The van der Waals surface area contributed by atoms with Crippen LogP contribution in [0.3, 0.4) is 0 Å². The number of hydrogen-bond donors (Lipinski definition) is 2. The number of benzene rings is 1. The molecular formula is C20H30ClN3O2. The van der Waals surface area contributed by atoms with E-state index in [-0.39, 0.29) is 30.3 Å². The van der Waals surface area contributed by atoms with Crippen molar-refractivity contribution in [1.82, 2.24) is 10.2 Å².